The van der Waals surface area contributed by atoms with Crippen LogP contribution in [0.1, 0.15) is 17.5 Å². The molecule has 1 aromatic heterocycles. The van der Waals surface area contributed by atoms with Gasteiger partial charge >= 0.3 is 0 Å². The lowest BCUT2D eigenvalue weighted by atomic mass is 10.1. The lowest BCUT2D eigenvalue weighted by Crippen LogP contribution is -2.49. The van der Waals surface area contributed by atoms with Gasteiger partial charge in [-0.3, -0.25) is 4.79 Å². The lowest BCUT2D eigenvalue weighted by Gasteiger charge is -2.35. The van der Waals surface area contributed by atoms with E-state index < -0.39 is 0 Å². The third kappa shape index (κ3) is 4.82. The van der Waals surface area contributed by atoms with Crippen molar-refractivity contribution in [3.8, 4) is 0 Å². The van der Waals surface area contributed by atoms with Gasteiger partial charge in [0.1, 0.15) is 5.82 Å². The van der Waals surface area contributed by atoms with E-state index in [1.165, 1.54) is 11.1 Å². The van der Waals surface area contributed by atoms with Gasteiger partial charge in [-0.25, -0.2) is 4.98 Å². The maximum atomic E-state index is 12.5. The second-order valence-corrected chi connectivity index (χ2v) is 6.97. The standard InChI is InChI=1S/C21H28N4O/c1-18-7-3-4-8-19(18)17-23(2)12-10-21(26)25-15-13-24(14-16-25)20-9-5-6-11-22-20/h3-9,11H,10,12-17H2,1-2H3. The van der Waals surface area contributed by atoms with Gasteiger partial charge in [-0.2, -0.15) is 0 Å². The van der Waals surface area contributed by atoms with Crippen molar-refractivity contribution in [3.05, 3.63) is 59.8 Å². The molecule has 2 heterocycles. The van der Waals surface area contributed by atoms with Gasteiger partial charge in [0.2, 0.25) is 5.91 Å². The number of nitrogens with zero attached hydrogens (tertiary/aromatic N) is 4. The number of hydrogen-bond acceptors (Lipinski definition) is 4. The minimum absolute atomic E-state index is 0.252. The summed E-state index contributed by atoms with van der Waals surface area (Å²) in [6.45, 7) is 7.05. The van der Waals surface area contributed by atoms with E-state index in [2.05, 4.69) is 53.0 Å². The number of piperazine rings is 1. The highest BCUT2D eigenvalue weighted by Gasteiger charge is 2.21. The highest BCUT2D eigenvalue weighted by atomic mass is 16.2. The van der Waals surface area contributed by atoms with Gasteiger partial charge < -0.3 is 14.7 Å². The molecule has 1 aromatic carbocycles. The zero-order valence-corrected chi connectivity index (χ0v) is 15.8. The molecule has 5 heteroatoms. The van der Waals surface area contributed by atoms with Crippen molar-refractivity contribution in [1.29, 1.82) is 0 Å². The van der Waals surface area contributed by atoms with Gasteiger partial charge in [0.25, 0.3) is 0 Å². The summed E-state index contributed by atoms with van der Waals surface area (Å²) in [6, 6.07) is 14.4. The fraction of sp³-hybridized carbons (Fsp3) is 0.429. The molecule has 5 nitrogen and oxygen atoms in total. The van der Waals surface area contributed by atoms with Crippen LogP contribution in [-0.4, -0.2) is 60.5 Å². The minimum Gasteiger partial charge on any atom is -0.353 e. The van der Waals surface area contributed by atoms with E-state index in [9.17, 15) is 4.79 Å². The van der Waals surface area contributed by atoms with E-state index in [1.54, 1.807) is 0 Å². The monoisotopic (exact) mass is 352 g/mol. The molecule has 3 rings (SSSR count). The first-order valence-electron chi connectivity index (χ1n) is 9.30. The topological polar surface area (TPSA) is 39.7 Å². The molecule has 2 aromatic rings. The molecule has 0 atom stereocenters. The Labute approximate surface area is 156 Å². The van der Waals surface area contributed by atoms with E-state index in [0.29, 0.717) is 6.42 Å². The summed E-state index contributed by atoms with van der Waals surface area (Å²) in [5.74, 6) is 1.25. The molecule has 0 saturated carbocycles. The first-order valence-corrected chi connectivity index (χ1v) is 9.30. The summed E-state index contributed by atoms with van der Waals surface area (Å²) in [6.07, 6.45) is 2.39. The molecule has 0 radical (unpaired) electrons. The number of anilines is 1. The number of benzene rings is 1. The largest absolute Gasteiger partial charge is 0.353 e. The summed E-state index contributed by atoms with van der Waals surface area (Å²) in [4.78, 5) is 23.4. The van der Waals surface area contributed by atoms with Crippen molar-refractivity contribution in [3.63, 3.8) is 0 Å². The summed E-state index contributed by atoms with van der Waals surface area (Å²) in [7, 11) is 2.08. The smallest absolute Gasteiger partial charge is 0.223 e. The van der Waals surface area contributed by atoms with Crippen LogP contribution in [-0.2, 0) is 11.3 Å². The van der Waals surface area contributed by atoms with Crippen LogP contribution in [0.3, 0.4) is 0 Å². The summed E-state index contributed by atoms with van der Waals surface area (Å²) in [5.41, 5.74) is 2.63. The van der Waals surface area contributed by atoms with Crippen molar-refractivity contribution in [2.75, 3.05) is 44.7 Å². The third-order valence-corrected chi connectivity index (χ3v) is 5.01. The lowest BCUT2D eigenvalue weighted by molar-refractivity contribution is -0.131. The van der Waals surface area contributed by atoms with Crippen molar-refractivity contribution in [2.45, 2.75) is 19.9 Å². The molecular formula is C21H28N4O. The van der Waals surface area contributed by atoms with Gasteiger partial charge in [-0.15, -0.1) is 0 Å². The van der Waals surface area contributed by atoms with E-state index in [-0.39, 0.29) is 5.91 Å². The molecule has 1 aliphatic rings. The number of carbonyl (C=O) groups excluding carboxylic acids is 1. The first kappa shape index (κ1) is 18.4. The Kier molecular flexibility index (Phi) is 6.23. The average Bonchev–Trinajstić information content (AvgIpc) is 2.69. The molecule has 0 aliphatic carbocycles. The second kappa shape index (κ2) is 8.81. The van der Waals surface area contributed by atoms with E-state index in [1.807, 2.05) is 29.3 Å². The molecule has 26 heavy (non-hydrogen) atoms. The zero-order valence-electron chi connectivity index (χ0n) is 15.8. The van der Waals surface area contributed by atoms with Gasteiger partial charge in [-0.1, -0.05) is 30.3 Å². The molecule has 1 amide bonds. The molecule has 1 saturated heterocycles. The van der Waals surface area contributed by atoms with Crippen LogP contribution in [0.2, 0.25) is 0 Å². The summed E-state index contributed by atoms with van der Waals surface area (Å²) >= 11 is 0. The molecule has 1 fully saturated rings. The van der Waals surface area contributed by atoms with Crippen LogP contribution in [0.5, 0.6) is 0 Å². The number of rotatable bonds is 6. The number of aromatic nitrogens is 1. The second-order valence-electron chi connectivity index (χ2n) is 6.97. The van der Waals surface area contributed by atoms with E-state index in [4.69, 9.17) is 0 Å². The van der Waals surface area contributed by atoms with Crippen LogP contribution in [0.15, 0.2) is 48.7 Å². The summed E-state index contributed by atoms with van der Waals surface area (Å²) < 4.78 is 0. The van der Waals surface area contributed by atoms with Crippen LogP contribution in [0.4, 0.5) is 5.82 Å². The third-order valence-electron chi connectivity index (χ3n) is 5.01. The molecular weight excluding hydrogens is 324 g/mol. The zero-order chi connectivity index (χ0) is 18.4. The summed E-state index contributed by atoms with van der Waals surface area (Å²) in [5, 5.41) is 0. The van der Waals surface area contributed by atoms with Crippen LogP contribution < -0.4 is 4.90 Å². The Morgan fingerprint density at radius 2 is 1.81 bits per heavy atom. The Morgan fingerprint density at radius 1 is 1.08 bits per heavy atom. The van der Waals surface area contributed by atoms with Crippen LogP contribution in [0, 0.1) is 6.92 Å². The fourth-order valence-corrected chi connectivity index (χ4v) is 3.33. The number of carbonyl (C=O) groups is 1. The Bertz CT molecular complexity index is 711. The number of pyridine rings is 1. The van der Waals surface area contributed by atoms with Crippen molar-refractivity contribution in [1.82, 2.24) is 14.8 Å². The maximum Gasteiger partial charge on any atom is 0.223 e. The van der Waals surface area contributed by atoms with Gasteiger partial charge in [0.05, 0.1) is 0 Å². The van der Waals surface area contributed by atoms with Gasteiger partial charge in [0, 0.05) is 51.9 Å². The maximum absolute atomic E-state index is 12.5. The molecule has 0 unspecified atom stereocenters. The quantitative estimate of drug-likeness (QED) is 0.801. The highest BCUT2D eigenvalue weighted by molar-refractivity contribution is 5.76. The van der Waals surface area contributed by atoms with E-state index in [0.717, 1.165) is 45.1 Å². The Morgan fingerprint density at radius 3 is 2.50 bits per heavy atom. The average molecular weight is 352 g/mol. The van der Waals surface area contributed by atoms with Crippen LogP contribution >= 0.6 is 0 Å². The van der Waals surface area contributed by atoms with Crippen LogP contribution in [0.25, 0.3) is 0 Å². The predicted octanol–water partition coefficient (Wildman–Crippen LogP) is 2.56. The van der Waals surface area contributed by atoms with Crippen molar-refractivity contribution >= 4 is 11.7 Å². The SMILES string of the molecule is Cc1ccccc1CN(C)CCC(=O)N1CCN(c2ccccn2)CC1. The number of amides is 1. The highest BCUT2D eigenvalue weighted by Crippen LogP contribution is 2.14. The normalized spacial score (nSPS) is 14.7. The van der Waals surface area contributed by atoms with Crippen molar-refractivity contribution in [2.24, 2.45) is 0 Å². The minimum atomic E-state index is 0.252. The number of aryl methyl sites for hydroxylation is 1. The van der Waals surface area contributed by atoms with Crippen molar-refractivity contribution < 1.29 is 4.79 Å². The van der Waals surface area contributed by atoms with Gasteiger partial charge in [-0.05, 0) is 37.2 Å². The predicted molar refractivity (Wildman–Crippen MR) is 105 cm³/mol. The molecule has 1 aliphatic heterocycles. The fourth-order valence-electron chi connectivity index (χ4n) is 3.33. The molecule has 0 spiro atoms. The molecule has 138 valence electrons. The Balaban J connectivity index is 1.42. The Hall–Kier alpha value is -2.40. The molecule has 0 bridgehead atoms. The van der Waals surface area contributed by atoms with E-state index >= 15 is 0 Å². The number of hydrogen-bond donors (Lipinski definition) is 0. The molecule has 0 N–H and O–H groups in total. The first-order chi connectivity index (χ1) is 12.6. The van der Waals surface area contributed by atoms with Gasteiger partial charge in [0.15, 0.2) is 0 Å².